The summed E-state index contributed by atoms with van der Waals surface area (Å²) in [5.74, 6) is -0.426. The molecule has 0 saturated heterocycles. The normalized spacial score (nSPS) is 9.67. The molecule has 0 spiro atoms. The molecule has 15 heavy (non-hydrogen) atoms. The van der Waals surface area contributed by atoms with Crippen LogP contribution in [0.4, 0.5) is 5.69 Å². The fraction of sp³-hybridized carbons (Fsp3) is 0.200. The minimum atomic E-state index is -0.426. The molecule has 0 atom stereocenters. The van der Waals surface area contributed by atoms with E-state index < -0.39 is 5.91 Å². The van der Waals surface area contributed by atoms with Gasteiger partial charge in [-0.1, -0.05) is 18.3 Å². The minimum absolute atomic E-state index is 0.0685. The summed E-state index contributed by atoms with van der Waals surface area (Å²) in [6.45, 7) is 2.01. The van der Waals surface area contributed by atoms with Gasteiger partial charge < -0.3 is 16.8 Å². The molecule has 0 aliphatic rings. The van der Waals surface area contributed by atoms with Gasteiger partial charge in [0.2, 0.25) is 5.91 Å². The van der Waals surface area contributed by atoms with Crippen molar-refractivity contribution in [1.29, 1.82) is 0 Å². The maximum absolute atomic E-state index is 10.6. The first-order valence-electron chi connectivity index (χ1n) is 4.43. The maximum Gasteiger partial charge on any atom is 0.236 e. The summed E-state index contributed by atoms with van der Waals surface area (Å²) < 4.78 is 0. The Morgan fingerprint density at radius 1 is 1.47 bits per heavy atom. The van der Waals surface area contributed by atoms with Crippen molar-refractivity contribution in [1.82, 2.24) is 0 Å². The zero-order valence-corrected chi connectivity index (χ0v) is 9.23. The number of hydrogen-bond donors (Lipinski definition) is 3. The van der Waals surface area contributed by atoms with Crippen LogP contribution in [-0.4, -0.2) is 17.4 Å². The lowest BCUT2D eigenvalue weighted by Gasteiger charge is -2.10. The Morgan fingerprint density at radius 2 is 2.13 bits per heavy atom. The van der Waals surface area contributed by atoms with Gasteiger partial charge >= 0.3 is 0 Å². The number of anilines is 1. The van der Waals surface area contributed by atoms with Gasteiger partial charge in [0, 0.05) is 11.3 Å². The molecule has 1 aromatic carbocycles. The van der Waals surface area contributed by atoms with Crippen LogP contribution in [0, 0.1) is 6.92 Å². The zero-order valence-electron chi connectivity index (χ0n) is 8.41. The third kappa shape index (κ3) is 3.21. The van der Waals surface area contributed by atoms with E-state index in [4.69, 9.17) is 23.7 Å². The van der Waals surface area contributed by atoms with Gasteiger partial charge in [0.1, 0.15) is 4.99 Å². The Morgan fingerprint density at radius 3 is 2.67 bits per heavy atom. The van der Waals surface area contributed by atoms with E-state index in [0.29, 0.717) is 4.99 Å². The highest BCUT2D eigenvalue weighted by Crippen LogP contribution is 2.17. The number of thiocarbonyl (C=S) groups is 1. The van der Waals surface area contributed by atoms with E-state index in [0.717, 1.165) is 16.8 Å². The van der Waals surface area contributed by atoms with Crippen molar-refractivity contribution >= 4 is 28.8 Å². The number of amides is 1. The Labute approximate surface area is 93.6 Å². The van der Waals surface area contributed by atoms with Crippen LogP contribution in [0.25, 0.3) is 0 Å². The Balaban J connectivity index is 2.96. The van der Waals surface area contributed by atoms with E-state index in [1.165, 1.54) is 0 Å². The zero-order chi connectivity index (χ0) is 11.4. The Kier molecular flexibility index (Phi) is 3.62. The molecular formula is C10H13N3OS. The third-order valence-corrected chi connectivity index (χ3v) is 2.11. The molecule has 0 fully saturated rings. The summed E-state index contributed by atoms with van der Waals surface area (Å²) in [5.41, 5.74) is 13.1. The fourth-order valence-corrected chi connectivity index (χ4v) is 1.38. The number of primary amides is 1. The molecule has 0 radical (unpaired) electrons. The van der Waals surface area contributed by atoms with Crippen LogP contribution in [-0.2, 0) is 4.79 Å². The Bertz CT molecular complexity index is 404. The number of aryl methyl sites for hydroxylation is 1. The lowest BCUT2D eigenvalue weighted by molar-refractivity contribution is -0.116. The number of nitrogens with one attached hydrogen (secondary N) is 1. The summed E-state index contributed by atoms with van der Waals surface area (Å²) in [7, 11) is 0. The van der Waals surface area contributed by atoms with Gasteiger partial charge in [-0.25, -0.2) is 0 Å². The van der Waals surface area contributed by atoms with Crippen LogP contribution in [0.1, 0.15) is 11.1 Å². The lowest BCUT2D eigenvalue weighted by atomic mass is 10.1. The number of carbonyl (C=O) groups is 1. The second kappa shape index (κ2) is 4.75. The van der Waals surface area contributed by atoms with Crippen LogP contribution in [0.3, 0.4) is 0 Å². The summed E-state index contributed by atoms with van der Waals surface area (Å²) >= 11 is 4.89. The quantitative estimate of drug-likeness (QED) is 0.650. The van der Waals surface area contributed by atoms with Crippen molar-refractivity contribution < 1.29 is 4.79 Å². The fourth-order valence-electron chi connectivity index (χ4n) is 1.20. The summed E-state index contributed by atoms with van der Waals surface area (Å²) in [5, 5.41) is 2.89. The molecule has 0 aliphatic heterocycles. The van der Waals surface area contributed by atoms with Gasteiger partial charge in [-0.2, -0.15) is 0 Å². The molecule has 1 rings (SSSR count). The van der Waals surface area contributed by atoms with Gasteiger partial charge in [0.15, 0.2) is 0 Å². The van der Waals surface area contributed by atoms with E-state index in [2.05, 4.69) is 5.32 Å². The van der Waals surface area contributed by atoms with E-state index >= 15 is 0 Å². The standard InChI is InChI=1S/C10H13N3OS/c1-6-2-3-7(10(12)15)8(4-6)13-5-9(11)14/h2-4,13H,5H2,1H3,(H2,11,14)(H2,12,15). The van der Waals surface area contributed by atoms with E-state index in [-0.39, 0.29) is 6.54 Å². The third-order valence-electron chi connectivity index (χ3n) is 1.89. The number of hydrogen-bond acceptors (Lipinski definition) is 3. The maximum atomic E-state index is 10.6. The topological polar surface area (TPSA) is 81.1 Å². The van der Waals surface area contributed by atoms with Crippen LogP contribution in [0.5, 0.6) is 0 Å². The summed E-state index contributed by atoms with van der Waals surface area (Å²) in [6.07, 6.45) is 0. The molecule has 5 N–H and O–H groups in total. The van der Waals surface area contributed by atoms with Gasteiger partial charge in [-0.3, -0.25) is 4.79 Å². The van der Waals surface area contributed by atoms with Gasteiger partial charge in [-0.15, -0.1) is 0 Å². The van der Waals surface area contributed by atoms with Crippen molar-refractivity contribution in [2.24, 2.45) is 11.5 Å². The van der Waals surface area contributed by atoms with Crippen molar-refractivity contribution in [2.75, 3.05) is 11.9 Å². The van der Waals surface area contributed by atoms with Crippen LogP contribution in [0.15, 0.2) is 18.2 Å². The molecule has 1 aromatic rings. The van der Waals surface area contributed by atoms with Crippen molar-refractivity contribution in [3.05, 3.63) is 29.3 Å². The van der Waals surface area contributed by atoms with Gasteiger partial charge in [-0.05, 0) is 24.6 Å². The summed E-state index contributed by atoms with van der Waals surface area (Å²) in [6, 6.07) is 5.60. The molecule has 0 heterocycles. The molecule has 0 saturated carbocycles. The molecule has 0 unspecified atom stereocenters. The molecule has 5 heteroatoms. The molecule has 0 aromatic heterocycles. The number of carbonyl (C=O) groups excluding carboxylic acids is 1. The molecule has 80 valence electrons. The first-order valence-corrected chi connectivity index (χ1v) is 4.84. The SMILES string of the molecule is Cc1ccc(C(N)=S)c(NCC(N)=O)c1. The van der Waals surface area contributed by atoms with Crippen LogP contribution >= 0.6 is 12.2 Å². The largest absolute Gasteiger partial charge is 0.389 e. The molecule has 0 bridgehead atoms. The molecule has 0 aliphatic carbocycles. The number of benzene rings is 1. The van der Waals surface area contributed by atoms with Crippen molar-refractivity contribution in [3.8, 4) is 0 Å². The highest BCUT2D eigenvalue weighted by atomic mass is 32.1. The predicted molar refractivity (Wildman–Crippen MR) is 64.8 cm³/mol. The van der Waals surface area contributed by atoms with E-state index in [9.17, 15) is 4.79 Å². The van der Waals surface area contributed by atoms with Crippen LogP contribution < -0.4 is 16.8 Å². The first-order chi connectivity index (χ1) is 7.00. The minimum Gasteiger partial charge on any atom is -0.389 e. The lowest BCUT2D eigenvalue weighted by Crippen LogP contribution is -2.23. The highest BCUT2D eigenvalue weighted by Gasteiger charge is 2.05. The van der Waals surface area contributed by atoms with Gasteiger partial charge in [0.25, 0.3) is 0 Å². The second-order valence-electron chi connectivity index (χ2n) is 3.23. The van der Waals surface area contributed by atoms with E-state index in [1.54, 1.807) is 0 Å². The first kappa shape index (κ1) is 11.5. The monoisotopic (exact) mass is 223 g/mol. The van der Waals surface area contributed by atoms with Crippen molar-refractivity contribution in [2.45, 2.75) is 6.92 Å². The van der Waals surface area contributed by atoms with Gasteiger partial charge in [0.05, 0.1) is 6.54 Å². The number of rotatable bonds is 4. The second-order valence-corrected chi connectivity index (χ2v) is 3.67. The highest BCUT2D eigenvalue weighted by molar-refractivity contribution is 7.80. The predicted octanol–water partition coefficient (Wildman–Crippen LogP) is 0.526. The van der Waals surface area contributed by atoms with Crippen molar-refractivity contribution in [3.63, 3.8) is 0 Å². The Hall–Kier alpha value is -1.62. The number of nitrogens with two attached hydrogens (primary N) is 2. The van der Waals surface area contributed by atoms with Crippen LogP contribution in [0.2, 0.25) is 0 Å². The summed E-state index contributed by atoms with van der Waals surface area (Å²) in [4.78, 5) is 10.9. The smallest absolute Gasteiger partial charge is 0.236 e. The molecule has 4 nitrogen and oxygen atoms in total. The van der Waals surface area contributed by atoms with E-state index in [1.807, 2.05) is 25.1 Å². The molecule has 1 amide bonds. The average Bonchev–Trinajstić information content (AvgIpc) is 2.14. The molecular weight excluding hydrogens is 210 g/mol. The average molecular weight is 223 g/mol.